The van der Waals surface area contributed by atoms with Crippen molar-refractivity contribution in [2.45, 2.75) is 0 Å². The topological polar surface area (TPSA) is 44.5 Å². The molecule has 12 heavy (non-hydrogen) atoms. The lowest BCUT2D eigenvalue weighted by Gasteiger charge is -1.83. The zero-order chi connectivity index (χ0) is 8.23. The van der Waals surface area contributed by atoms with Gasteiger partial charge < -0.3 is 4.98 Å². The van der Waals surface area contributed by atoms with Gasteiger partial charge in [-0.2, -0.15) is 5.10 Å². The molecule has 2 rings (SSSR count). The molecule has 2 aromatic rings. The van der Waals surface area contributed by atoms with Crippen LogP contribution in [-0.4, -0.2) is 15.2 Å². The first-order valence-electron chi connectivity index (χ1n) is 3.76. The lowest BCUT2D eigenvalue weighted by molar-refractivity contribution is 1.08. The quantitative estimate of drug-likeness (QED) is 0.690. The Morgan fingerprint density at radius 1 is 1.17 bits per heavy atom. The van der Waals surface area contributed by atoms with Gasteiger partial charge in [-0.05, 0) is 30.4 Å². The van der Waals surface area contributed by atoms with Crippen LogP contribution >= 0.6 is 0 Å². The van der Waals surface area contributed by atoms with Gasteiger partial charge in [0, 0.05) is 18.1 Å². The fourth-order valence-corrected chi connectivity index (χ4v) is 0.987. The third-order valence-electron chi connectivity index (χ3n) is 1.59. The van der Waals surface area contributed by atoms with Crippen molar-refractivity contribution in [3.05, 3.63) is 42.0 Å². The van der Waals surface area contributed by atoms with E-state index in [2.05, 4.69) is 15.2 Å². The molecule has 0 spiro atoms. The molecule has 0 aliphatic heterocycles. The molecule has 2 heterocycles. The molecule has 0 aromatic carbocycles. The molecule has 2 aromatic heterocycles. The van der Waals surface area contributed by atoms with Crippen LogP contribution in [0.5, 0.6) is 0 Å². The Morgan fingerprint density at radius 3 is 2.75 bits per heavy atom. The average Bonchev–Trinajstić information content (AvgIpc) is 2.74. The van der Waals surface area contributed by atoms with Gasteiger partial charge in [-0.25, -0.2) is 0 Å². The van der Waals surface area contributed by atoms with Crippen LogP contribution in [-0.2, 0) is 0 Å². The first-order chi connectivity index (χ1) is 5.95. The molecule has 0 saturated heterocycles. The van der Waals surface area contributed by atoms with Crippen molar-refractivity contribution >= 4 is 12.2 Å². The number of hydrogen-bond acceptors (Lipinski definition) is 1. The Bertz CT molecular complexity index is 307. The highest BCUT2D eigenvalue weighted by molar-refractivity contribution is 5.65. The third-order valence-corrected chi connectivity index (χ3v) is 1.59. The van der Waals surface area contributed by atoms with Crippen molar-refractivity contribution in [3.63, 3.8) is 0 Å². The van der Waals surface area contributed by atoms with Crippen LogP contribution in [0, 0.1) is 0 Å². The molecular weight excluding hydrogens is 150 g/mol. The van der Waals surface area contributed by atoms with Gasteiger partial charge in [0.05, 0.1) is 5.69 Å². The molecule has 3 nitrogen and oxygen atoms in total. The number of H-pyrrole nitrogens is 2. The lowest BCUT2D eigenvalue weighted by atomic mass is 10.3. The highest BCUT2D eigenvalue weighted by Crippen LogP contribution is 2.02. The molecule has 2 N–H and O–H groups in total. The van der Waals surface area contributed by atoms with Crippen molar-refractivity contribution in [2.24, 2.45) is 0 Å². The average molecular weight is 159 g/mol. The minimum atomic E-state index is 1.00. The van der Waals surface area contributed by atoms with Crippen LogP contribution in [0.2, 0.25) is 0 Å². The second-order valence-corrected chi connectivity index (χ2v) is 2.47. The zero-order valence-electron chi connectivity index (χ0n) is 6.49. The normalized spacial score (nSPS) is 11.0. The maximum absolute atomic E-state index is 3.84. The Morgan fingerprint density at radius 2 is 2.08 bits per heavy atom. The standard InChI is InChI=1S/C9H9N3/c1-2-8(10-6-1)3-4-9-5-7-11-12-9/h1-7,10H,(H,11,12). The molecule has 0 saturated carbocycles. The second kappa shape index (κ2) is 3.09. The van der Waals surface area contributed by atoms with E-state index < -0.39 is 0 Å². The number of aromatic nitrogens is 3. The van der Waals surface area contributed by atoms with E-state index in [1.165, 1.54) is 0 Å². The van der Waals surface area contributed by atoms with Crippen LogP contribution in [0.15, 0.2) is 30.6 Å². The SMILES string of the molecule is C(=Cc1ccn[nH]1)c1ccc[nH]1. The van der Waals surface area contributed by atoms with Gasteiger partial charge >= 0.3 is 0 Å². The molecule has 0 bridgehead atoms. The van der Waals surface area contributed by atoms with E-state index in [1.54, 1.807) is 6.20 Å². The minimum Gasteiger partial charge on any atom is -0.362 e. The molecular formula is C9H9N3. The summed E-state index contributed by atoms with van der Waals surface area (Å²) in [7, 11) is 0. The summed E-state index contributed by atoms with van der Waals surface area (Å²) in [5.74, 6) is 0. The molecule has 0 fully saturated rings. The van der Waals surface area contributed by atoms with Crippen molar-refractivity contribution in [1.29, 1.82) is 0 Å². The van der Waals surface area contributed by atoms with Gasteiger partial charge in [-0.1, -0.05) is 0 Å². The van der Waals surface area contributed by atoms with Crippen LogP contribution in [0.3, 0.4) is 0 Å². The Balaban J connectivity index is 2.14. The maximum Gasteiger partial charge on any atom is 0.0578 e. The number of aromatic amines is 2. The monoisotopic (exact) mass is 159 g/mol. The van der Waals surface area contributed by atoms with Crippen LogP contribution < -0.4 is 0 Å². The largest absolute Gasteiger partial charge is 0.362 e. The first-order valence-corrected chi connectivity index (χ1v) is 3.76. The van der Waals surface area contributed by atoms with Crippen molar-refractivity contribution < 1.29 is 0 Å². The minimum absolute atomic E-state index is 1.00. The molecule has 3 heteroatoms. The summed E-state index contributed by atoms with van der Waals surface area (Å²) in [6.45, 7) is 0. The predicted octanol–water partition coefficient (Wildman–Crippen LogP) is 1.91. The predicted molar refractivity (Wildman–Crippen MR) is 48.3 cm³/mol. The Kier molecular flexibility index (Phi) is 1.78. The molecule has 0 aliphatic rings. The maximum atomic E-state index is 3.84. The molecule has 60 valence electrons. The fourth-order valence-electron chi connectivity index (χ4n) is 0.987. The van der Waals surface area contributed by atoms with E-state index in [-0.39, 0.29) is 0 Å². The van der Waals surface area contributed by atoms with Crippen molar-refractivity contribution in [3.8, 4) is 0 Å². The summed E-state index contributed by atoms with van der Waals surface area (Å²) in [6.07, 6.45) is 7.59. The summed E-state index contributed by atoms with van der Waals surface area (Å²) in [5, 5.41) is 6.68. The van der Waals surface area contributed by atoms with Gasteiger partial charge in [0.2, 0.25) is 0 Å². The summed E-state index contributed by atoms with van der Waals surface area (Å²) >= 11 is 0. The summed E-state index contributed by atoms with van der Waals surface area (Å²) < 4.78 is 0. The number of rotatable bonds is 2. The van der Waals surface area contributed by atoms with Crippen molar-refractivity contribution in [2.75, 3.05) is 0 Å². The van der Waals surface area contributed by atoms with E-state index in [1.807, 2.05) is 36.5 Å². The Hall–Kier alpha value is -1.77. The van der Waals surface area contributed by atoms with Gasteiger partial charge in [0.25, 0.3) is 0 Å². The first kappa shape index (κ1) is 6.91. The summed E-state index contributed by atoms with van der Waals surface area (Å²) in [5.41, 5.74) is 2.09. The van der Waals surface area contributed by atoms with Gasteiger partial charge in [0.1, 0.15) is 0 Å². The number of hydrogen-bond donors (Lipinski definition) is 2. The van der Waals surface area contributed by atoms with Crippen LogP contribution in [0.4, 0.5) is 0 Å². The van der Waals surface area contributed by atoms with Gasteiger partial charge in [-0.15, -0.1) is 0 Å². The number of nitrogens with one attached hydrogen (secondary N) is 2. The van der Waals surface area contributed by atoms with E-state index >= 15 is 0 Å². The second-order valence-electron chi connectivity index (χ2n) is 2.47. The van der Waals surface area contributed by atoms with E-state index in [0.29, 0.717) is 0 Å². The van der Waals surface area contributed by atoms with Crippen molar-refractivity contribution in [1.82, 2.24) is 15.2 Å². The molecule has 0 radical (unpaired) electrons. The van der Waals surface area contributed by atoms with E-state index in [9.17, 15) is 0 Å². The van der Waals surface area contributed by atoms with Crippen LogP contribution in [0.1, 0.15) is 11.4 Å². The van der Waals surface area contributed by atoms with Gasteiger partial charge in [0.15, 0.2) is 0 Å². The smallest absolute Gasteiger partial charge is 0.0578 e. The van der Waals surface area contributed by atoms with Gasteiger partial charge in [-0.3, -0.25) is 5.10 Å². The molecule has 0 aliphatic carbocycles. The Labute approximate surface area is 70.1 Å². The highest BCUT2D eigenvalue weighted by Gasteiger charge is 1.86. The number of nitrogens with zero attached hydrogens (tertiary/aromatic N) is 1. The zero-order valence-corrected chi connectivity index (χ0v) is 6.49. The summed E-state index contributed by atoms with van der Waals surface area (Å²) in [6, 6.07) is 5.89. The molecule has 0 amide bonds. The third kappa shape index (κ3) is 1.45. The van der Waals surface area contributed by atoms with E-state index in [4.69, 9.17) is 0 Å². The fraction of sp³-hybridized carbons (Fsp3) is 0. The van der Waals surface area contributed by atoms with E-state index in [0.717, 1.165) is 11.4 Å². The summed E-state index contributed by atoms with van der Waals surface area (Å²) in [4.78, 5) is 3.08. The van der Waals surface area contributed by atoms with Crippen LogP contribution in [0.25, 0.3) is 12.2 Å². The highest BCUT2D eigenvalue weighted by atomic mass is 15.1. The molecule has 0 unspecified atom stereocenters. The molecule has 0 atom stereocenters. The lowest BCUT2D eigenvalue weighted by Crippen LogP contribution is -1.71.